The lowest BCUT2D eigenvalue weighted by Gasteiger charge is -2.37. The predicted octanol–water partition coefficient (Wildman–Crippen LogP) is 10.8. The van der Waals surface area contributed by atoms with E-state index in [1.165, 1.54) is 55.3 Å². The van der Waals surface area contributed by atoms with Gasteiger partial charge in [0.05, 0.1) is 10.3 Å². The van der Waals surface area contributed by atoms with Crippen LogP contribution in [0.1, 0.15) is 33.4 Å². The number of fused-ring (bicyclic) bond motifs is 1. The summed E-state index contributed by atoms with van der Waals surface area (Å²) in [5.41, 5.74) is 9.89. The molecule has 0 amide bonds. The fraction of sp³-hybridized carbons (Fsp3) is 0.0476. The summed E-state index contributed by atoms with van der Waals surface area (Å²) >= 11 is 0. The van der Waals surface area contributed by atoms with Gasteiger partial charge in [-0.1, -0.05) is 182 Å². The predicted molar refractivity (Wildman–Crippen MR) is 194 cm³/mol. The second-order valence-electron chi connectivity index (χ2n) is 11.3. The van der Waals surface area contributed by atoms with Gasteiger partial charge in [0.2, 0.25) is 0 Å². The van der Waals surface area contributed by atoms with Gasteiger partial charge in [-0.25, -0.2) is 0 Å². The molecule has 2 atom stereocenters. The molecular weight excluding hydrogens is 566 g/mol. The molecule has 0 nitrogen and oxygen atoms in total. The maximum absolute atomic E-state index is 3.28. The number of hydrogen-bond acceptors (Lipinski definition) is 0. The van der Waals surface area contributed by atoms with E-state index in [0.717, 1.165) is 0 Å². The zero-order chi connectivity index (χ0) is 30.0. The molecule has 0 heterocycles. The first-order valence-corrected chi connectivity index (χ1v) is 16.2. The Kier molecular flexibility index (Phi) is 7.74. The zero-order valence-corrected chi connectivity index (χ0v) is 26.8. The van der Waals surface area contributed by atoms with Crippen molar-refractivity contribution in [2.45, 2.75) is 10.3 Å². The maximum atomic E-state index is 3.28. The Hall–Kier alpha value is -4.34. The van der Waals surface area contributed by atoms with E-state index in [0.29, 0.717) is 0 Å². The fourth-order valence-electron chi connectivity index (χ4n) is 6.69. The lowest BCUT2D eigenvalue weighted by molar-refractivity contribution is 0.888. The van der Waals surface area contributed by atoms with Crippen molar-refractivity contribution < 1.29 is 0 Å². The van der Waals surface area contributed by atoms with Crippen LogP contribution in [0.25, 0.3) is 21.9 Å². The van der Waals surface area contributed by atoms with Gasteiger partial charge in [-0.2, -0.15) is 0 Å². The SMILES string of the molecule is PC(c1ccccc1)(c1ccccc1)c1ccccc1-c1c(C(P)(c2ccccc2)c2ccccc2)ccc2ccccc12. The van der Waals surface area contributed by atoms with Crippen LogP contribution in [-0.4, -0.2) is 0 Å². The van der Waals surface area contributed by atoms with E-state index in [-0.39, 0.29) is 0 Å². The lowest BCUT2D eigenvalue weighted by atomic mass is 9.75. The van der Waals surface area contributed by atoms with E-state index in [1.807, 2.05) is 0 Å². The first kappa shape index (κ1) is 28.4. The van der Waals surface area contributed by atoms with Gasteiger partial charge in [0.1, 0.15) is 0 Å². The van der Waals surface area contributed by atoms with Crippen molar-refractivity contribution in [3.63, 3.8) is 0 Å². The third-order valence-corrected chi connectivity index (χ3v) is 10.8. The van der Waals surface area contributed by atoms with Crippen LogP contribution < -0.4 is 0 Å². The van der Waals surface area contributed by atoms with Gasteiger partial charge in [0.15, 0.2) is 0 Å². The molecule has 0 spiro atoms. The van der Waals surface area contributed by atoms with Crippen molar-refractivity contribution in [1.82, 2.24) is 0 Å². The van der Waals surface area contributed by atoms with Crippen LogP contribution >= 0.6 is 18.5 Å². The average Bonchev–Trinajstić information content (AvgIpc) is 3.12. The maximum Gasteiger partial charge on any atom is 0.0597 e. The third-order valence-electron chi connectivity index (χ3n) is 8.89. The summed E-state index contributed by atoms with van der Waals surface area (Å²) in [7, 11) is 6.55. The van der Waals surface area contributed by atoms with Crippen molar-refractivity contribution in [2.24, 2.45) is 0 Å². The minimum absolute atomic E-state index is 0.476. The molecule has 0 aromatic heterocycles. The smallest absolute Gasteiger partial charge is 0.0597 e. The van der Waals surface area contributed by atoms with Gasteiger partial charge >= 0.3 is 0 Å². The average molecular weight is 601 g/mol. The summed E-state index contributed by atoms with van der Waals surface area (Å²) in [5.74, 6) is 0. The van der Waals surface area contributed by atoms with E-state index in [1.54, 1.807) is 0 Å². The molecule has 0 N–H and O–H groups in total. The third kappa shape index (κ3) is 4.80. The van der Waals surface area contributed by atoms with Crippen LogP contribution in [0.5, 0.6) is 0 Å². The molecule has 2 heteroatoms. The fourth-order valence-corrected chi connectivity index (χ4v) is 7.96. The second-order valence-corrected chi connectivity index (χ2v) is 13.1. The number of hydrogen-bond donors (Lipinski definition) is 0. The Morgan fingerprint density at radius 3 is 1.20 bits per heavy atom. The van der Waals surface area contributed by atoms with Crippen LogP contribution in [0.15, 0.2) is 182 Å². The molecule has 2 unspecified atom stereocenters. The lowest BCUT2D eigenvalue weighted by Crippen LogP contribution is -2.25. The van der Waals surface area contributed by atoms with Gasteiger partial charge in [-0.15, -0.1) is 18.5 Å². The molecule has 0 aliphatic carbocycles. The van der Waals surface area contributed by atoms with E-state index < -0.39 is 10.3 Å². The van der Waals surface area contributed by atoms with Crippen molar-refractivity contribution >= 4 is 29.3 Å². The first-order chi connectivity index (χ1) is 21.6. The Labute approximate surface area is 265 Å². The highest BCUT2D eigenvalue weighted by Crippen LogP contribution is 2.54. The van der Waals surface area contributed by atoms with Crippen molar-refractivity contribution in [1.29, 1.82) is 0 Å². The second kappa shape index (κ2) is 12.0. The molecule has 44 heavy (non-hydrogen) atoms. The molecule has 0 saturated heterocycles. The van der Waals surface area contributed by atoms with Gasteiger partial charge in [-0.3, -0.25) is 0 Å². The van der Waals surface area contributed by atoms with Gasteiger partial charge < -0.3 is 0 Å². The molecule has 0 radical (unpaired) electrons. The highest BCUT2D eigenvalue weighted by molar-refractivity contribution is 7.19. The zero-order valence-electron chi connectivity index (χ0n) is 24.5. The van der Waals surface area contributed by atoms with Crippen molar-refractivity contribution in [3.05, 3.63) is 215 Å². The molecular formula is C42H34P2. The van der Waals surface area contributed by atoms with Crippen molar-refractivity contribution in [2.75, 3.05) is 0 Å². The molecule has 7 aromatic rings. The molecule has 0 fully saturated rings. The van der Waals surface area contributed by atoms with Crippen molar-refractivity contribution in [3.8, 4) is 11.1 Å². The highest BCUT2D eigenvalue weighted by atomic mass is 31.0. The van der Waals surface area contributed by atoms with Gasteiger partial charge in [-0.05, 0) is 55.3 Å². The van der Waals surface area contributed by atoms with E-state index in [4.69, 9.17) is 0 Å². The van der Waals surface area contributed by atoms with Gasteiger partial charge in [0.25, 0.3) is 0 Å². The molecule has 7 rings (SSSR count). The summed E-state index contributed by atoms with van der Waals surface area (Å²) in [6.07, 6.45) is 0. The van der Waals surface area contributed by atoms with E-state index in [2.05, 4.69) is 200 Å². The van der Waals surface area contributed by atoms with Crippen LogP contribution in [-0.2, 0) is 10.3 Å². The summed E-state index contributed by atoms with van der Waals surface area (Å²) in [5, 5.41) is 1.50. The van der Waals surface area contributed by atoms with Crippen LogP contribution in [0.3, 0.4) is 0 Å². The molecule has 0 bridgehead atoms. The molecule has 0 saturated carbocycles. The molecule has 212 valence electrons. The largest absolute Gasteiger partial charge is 0.117 e. The van der Waals surface area contributed by atoms with E-state index >= 15 is 0 Å². The molecule has 0 aliphatic rings. The van der Waals surface area contributed by atoms with Crippen LogP contribution in [0.2, 0.25) is 0 Å². The number of benzene rings is 7. The van der Waals surface area contributed by atoms with Gasteiger partial charge in [0, 0.05) is 0 Å². The number of rotatable bonds is 7. The molecule has 7 aromatic carbocycles. The highest BCUT2D eigenvalue weighted by Gasteiger charge is 2.38. The Morgan fingerprint density at radius 2 is 0.705 bits per heavy atom. The summed E-state index contributed by atoms with van der Waals surface area (Å²) in [6.45, 7) is 0. The monoisotopic (exact) mass is 600 g/mol. The quantitative estimate of drug-likeness (QED) is 0.126. The first-order valence-electron chi connectivity index (χ1n) is 15.0. The molecule has 0 aliphatic heterocycles. The minimum atomic E-state index is -0.488. The summed E-state index contributed by atoms with van der Waals surface area (Å²) in [6, 6.07) is 65.9. The van der Waals surface area contributed by atoms with E-state index in [9.17, 15) is 0 Å². The normalized spacial score (nSPS) is 11.9. The summed E-state index contributed by atoms with van der Waals surface area (Å²) in [4.78, 5) is 0. The summed E-state index contributed by atoms with van der Waals surface area (Å²) < 4.78 is 0. The Morgan fingerprint density at radius 1 is 0.318 bits per heavy atom. The van der Waals surface area contributed by atoms with Crippen LogP contribution in [0, 0.1) is 0 Å². The van der Waals surface area contributed by atoms with Crippen LogP contribution in [0.4, 0.5) is 0 Å². The Balaban J connectivity index is 1.61. The Bertz CT molecular complexity index is 1940. The minimum Gasteiger partial charge on any atom is -0.117 e. The standard InChI is InChI=1S/C42H34P2/c43-41(32-18-5-1-6-19-32,33-20-7-2-8-21-33)38-28-16-15-27-37(38)40-36-26-14-13-17-31(36)29-30-39(40)42(44,34-22-9-3-10-23-34)35-24-11-4-12-25-35/h1-30H,43-44H2. The topological polar surface area (TPSA) is 0 Å².